The average Bonchev–Trinajstić information content (AvgIpc) is 3.33. The van der Waals surface area contributed by atoms with Crippen LogP contribution < -0.4 is 0 Å². The maximum absolute atomic E-state index is 11.6. The van der Waals surface area contributed by atoms with Gasteiger partial charge in [0.25, 0.3) is 0 Å². The maximum Gasteiger partial charge on any atom is 0.205 e. The Morgan fingerprint density at radius 2 is 1.75 bits per heavy atom. The van der Waals surface area contributed by atoms with Gasteiger partial charge < -0.3 is 24.5 Å². The van der Waals surface area contributed by atoms with E-state index in [9.17, 15) is 20.6 Å². The van der Waals surface area contributed by atoms with Crippen molar-refractivity contribution in [1.29, 1.82) is 5.26 Å². The quantitative estimate of drug-likeness (QED) is 0.393. The lowest BCUT2D eigenvalue weighted by molar-refractivity contribution is -0.107. The van der Waals surface area contributed by atoms with Crippen LogP contribution in [0.4, 0.5) is 0 Å². The van der Waals surface area contributed by atoms with Crippen molar-refractivity contribution in [2.24, 2.45) is 0 Å². The number of nitriles is 1. The summed E-state index contributed by atoms with van der Waals surface area (Å²) in [5.41, 5.74) is -0.125. The molecule has 8 heteroatoms. The maximum atomic E-state index is 11.6. The first-order valence-corrected chi connectivity index (χ1v) is 15.3. The van der Waals surface area contributed by atoms with Crippen LogP contribution in [0, 0.1) is 11.3 Å². The highest BCUT2D eigenvalue weighted by atomic mass is 28.4. The minimum Gasteiger partial charge on any atom is -0.494 e. The molecule has 3 N–H and O–H groups in total. The standard InChI is InChI=1S/C28H34N2O5Si/c1-26(2,3)36(5,6)34-14-13-28-15-21(31)27(4,35-28)22-23(28)25(33)30(24(22)32)20-12-11-17(16-29)18-9-7-8-10-19(18)20/h7-12,21,31-33H,13-15H2,1-6H3/t21-,27?,28?/m0/s1. The number of nitrogens with zero attached hydrogens (tertiary/aromatic N) is 2. The van der Waals surface area contributed by atoms with Crippen molar-refractivity contribution >= 4 is 19.1 Å². The zero-order valence-electron chi connectivity index (χ0n) is 21.7. The summed E-state index contributed by atoms with van der Waals surface area (Å²) < 4.78 is 14.3. The summed E-state index contributed by atoms with van der Waals surface area (Å²) in [6.07, 6.45) is -0.0796. The Labute approximate surface area is 212 Å². The van der Waals surface area contributed by atoms with Crippen LogP contribution in [-0.4, -0.2) is 40.9 Å². The van der Waals surface area contributed by atoms with Gasteiger partial charge in [-0.15, -0.1) is 0 Å². The van der Waals surface area contributed by atoms with Gasteiger partial charge in [-0.1, -0.05) is 45.0 Å². The molecule has 190 valence electrons. The number of hydrogen-bond acceptors (Lipinski definition) is 6. The molecule has 0 saturated carbocycles. The molecule has 2 aliphatic rings. The van der Waals surface area contributed by atoms with E-state index in [0.29, 0.717) is 41.8 Å². The molecule has 2 bridgehead atoms. The number of hydrogen-bond donors (Lipinski definition) is 3. The first-order valence-electron chi connectivity index (χ1n) is 12.4. The molecule has 3 aromatic rings. The summed E-state index contributed by atoms with van der Waals surface area (Å²) in [4.78, 5) is 0. The van der Waals surface area contributed by atoms with Crippen molar-refractivity contribution in [2.45, 2.75) is 76.0 Å². The summed E-state index contributed by atoms with van der Waals surface area (Å²) >= 11 is 0. The second kappa shape index (κ2) is 7.83. The largest absolute Gasteiger partial charge is 0.494 e. The Morgan fingerprint density at radius 3 is 2.39 bits per heavy atom. The zero-order chi connectivity index (χ0) is 26.3. The summed E-state index contributed by atoms with van der Waals surface area (Å²) in [6, 6.07) is 13.0. The summed E-state index contributed by atoms with van der Waals surface area (Å²) in [5.74, 6) is -0.272. The highest BCUT2D eigenvalue weighted by Gasteiger charge is 2.66. The number of benzene rings is 2. The molecule has 2 aliphatic heterocycles. The number of ether oxygens (including phenoxy) is 1. The topological polar surface area (TPSA) is 108 Å². The van der Waals surface area contributed by atoms with Crippen LogP contribution in [-0.2, 0) is 20.4 Å². The molecule has 5 rings (SSSR count). The van der Waals surface area contributed by atoms with E-state index in [2.05, 4.69) is 39.9 Å². The second-order valence-corrected chi connectivity index (χ2v) is 16.6. The lowest BCUT2D eigenvalue weighted by Gasteiger charge is -2.37. The predicted molar refractivity (Wildman–Crippen MR) is 140 cm³/mol. The molecule has 1 fully saturated rings. The SMILES string of the molecule is CC12OC(CCO[Si](C)(C)C(C)(C)C)(C[C@@H]1O)c1c2c(O)n(-c2ccc(C#N)c3ccccc23)c1O. The third-order valence-corrected chi connectivity index (χ3v) is 13.2. The lowest BCUT2D eigenvalue weighted by Crippen LogP contribution is -2.42. The van der Waals surface area contributed by atoms with Gasteiger partial charge in [0.1, 0.15) is 11.2 Å². The fourth-order valence-corrected chi connectivity index (χ4v) is 6.66. The Morgan fingerprint density at radius 1 is 1.11 bits per heavy atom. The smallest absolute Gasteiger partial charge is 0.205 e. The summed E-state index contributed by atoms with van der Waals surface area (Å²) in [6.45, 7) is 13.1. The van der Waals surface area contributed by atoms with E-state index < -0.39 is 25.6 Å². The van der Waals surface area contributed by atoms with E-state index in [-0.39, 0.29) is 16.8 Å². The van der Waals surface area contributed by atoms with Crippen molar-refractivity contribution in [3.05, 3.63) is 53.1 Å². The van der Waals surface area contributed by atoms with Gasteiger partial charge in [0.2, 0.25) is 11.8 Å². The number of aromatic hydroxyl groups is 2. The molecular weight excluding hydrogens is 472 g/mol. The number of aliphatic hydroxyl groups excluding tert-OH is 1. The van der Waals surface area contributed by atoms with E-state index >= 15 is 0 Å². The molecule has 7 nitrogen and oxygen atoms in total. The Bertz CT molecular complexity index is 1420. The van der Waals surface area contributed by atoms with Gasteiger partial charge in [0, 0.05) is 30.2 Å². The van der Waals surface area contributed by atoms with Crippen LogP contribution in [0.2, 0.25) is 18.1 Å². The fourth-order valence-electron chi connectivity index (χ4n) is 5.61. The summed E-state index contributed by atoms with van der Waals surface area (Å²) in [7, 11) is -2.01. The highest BCUT2D eigenvalue weighted by Crippen LogP contribution is 2.65. The van der Waals surface area contributed by atoms with E-state index in [1.807, 2.05) is 24.3 Å². The van der Waals surface area contributed by atoms with Crippen molar-refractivity contribution in [2.75, 3.05) is 6.61 Å². The molecular formula is C28H34N2O5Si. The van der Waals surface area contributed by atoms with Crippen molar-refractivity contribution in [1.82, 2.24) is 4.57 Å². The van der Waals surface area contributed by atoms with Crippen LogP contribution in [0.25, 0.3) is 16.5 Å². The van der Waals surface area contributed by atoms with Crippen LogP contribution in [0.3, 0.4) is 0 Å². The van der Waals surface area contributed by atoms with Crippen LogP contribution in [0.5, 0.6) is 11.8 Å². The first kappa shape index (κ1) is 24.8. The second-order valence-electron chi connectivity index (χ2n) is 11.8. The van der Waals surface area contributed by atoms with Gasteiger partial charge in [-0.05, 0) is 37.2 Å². The minimum atomic E-state index is -2.01. The molecule has 2 aromatic carbocycles. The van der Waals surface area contributed by atoms with Crippen molar-refractivity contribution < 1.29 is 24.5 Å². The molecule has 36 heavy (non-hydrogen) atoms. The van der Waals surface area contributed by atoms with Crippen molar-refractivity contribution in [3.63, 3.8) is 0 Å². The third kappa shape index (κ3) is 3.27. The molecule has 2 unspecified atom stereocenters. The number of rotatable bonds is 5. The minimum absolute atomic E-state index is 0.0520. The molecule has 1 saturated heterocycles. The van der Waals surface area contributed by atoms with E-state index in [4.69, 9.17) is 9.16 Å². The van der Waals surface area contributed by atoms with Crippen LogP contribution in [0.1, 0.15) is 57.2 Å². The van der Waals surface area contributed by atoms with Gasteiger partial charge >= 0.3 is 0 Å². The first-order chi connectivity index (χ1) is 16.8. The highest BCUT2D eigenvalue weighted by molar-refractivity contribution is 6.74. The zero-order valence-corrected chi connectivity index (χ0v) is 22.7. The molecule has 3 atom stereocenters. The predicted octanol–water partition coefficient (Wildman–Crippen LogP) is 5.53. The molecule has 3 heterocycles. The average molecular weight is 507 g/mol. The number of aliphatic hydroxyl groups is 1. The fraction of sp³-hybridized carbons (Fsp3) is 0.464. The third-order valence-electron chi connectivity index (χ3n) is 8.68. The van der Waals surface area contributed by atoms with Crippen LogP contribution in [0.15, 0.2) is 36.4 Å². The van der Waals surface area contributed by atoms with Crippen LogP contribution >= 0.6 is 0 Å². The van der Waals surface area contributed by atoms with Gasteiger partial charge in [0.15, 0.2) is 8.32 Å². The van der Waals surface area contributed by atoms with E-state index in [1.54, 1.807) is 19.1 Å². The van der Waals surface area contributed by atoms with E-state index in [0.717, 1.165) is 10.8 Å². The van der Waals surface area contributed by atoms with Gasteiger partial charge in [-0.25, -0.2) is 0 Å². The van der Waals surface area contributed by atoms with Gasteiger partial charge in [0.05, 0.1) is 34.6 Å². The molecule has 0 amide bonds. The molecule has 0 radical (unpaired) electrons. The molecule has 1 aromatic heterocycles. The summed E-state index contributed by atoms with van der Waals surface area (Å²) in [5, 5.41) is 45.1. The normalized spacial score (nSPS) is 25.3. The van der Waals surface area contributed by atoms with Gasteiger partial charge in [-0.3, -0.25) is 4.57 Å². The number of fused-ring (bicyclic) bond motifs is 6. The Balaban J connectivity index is 1.63. The molecule has 0 aliphatic carbocycles. The van der Waals surface area contributed by atoms with E-state index in [1.165, 1.54) is 4.57 Å². The van der Waals surface area contributed by atoms with Crippen molar-refractivity contribution in [3.8, 4) is 23.5 Å². The Kier molecular flexibility index (Phi) is 5.40. The lowest BCUT2D eigenvalue weighted by atomic mass is 9.76. The number of aromatic nitrogens is 1. The Hall–Kier alpha value is -2.83. The van der Waals surface area contributed by atoms with Gasteiger partial charge in [-0.2, -0.15) is 5.26 Å². The molecule has 0 spiro atoms. The monoisotopic (exact) mass is 506 g/mol.